The van der Waals surface area contributed by atoms with Crippen LogP contribution in [0.2, 0.25) is 0 Å². The van der Waals surface area contributed by atoms with E-state index < -0.39 is 0 Å². The minimum Gasteiger partial charge on any atom is -0.493 e. The number of amides is 2. The van der Waals surface area contributed by atoms with Gasteiger partial charge in [-0.2, -0.15) is 0 Å². The van der Waals surface area contributed by atoms with E-state index in [1.165, 1.54) is 7.11 Å². The topological polar surface area (TPSA) is 67.9 Å². The zero-order valence-corrected chi connectivity index (χ0v) is 15.6. The molecule has 0 bridgehead atoms. The molecule has 1 N–H and O–H groups in total. The summed E-state index contributed by atoms with van der Waals surface area (Å²) < 4.78 is 10.6. The fourth-order valence-electron chi connectivity index (χ4n) is 3.31. The standard InChI is InChI=1S/C21H24N2O4/c1-26-18-10-6-9-17(19(18)27-2)21(25)23-13-11-16(12-14-23)22-20(24)15-7-4-3-5-8-15/h3-10,16H,11-14H2,1-2H3,(H,22,24). The van der Waals surface area contributed by atoms with Gasteiger partial charge in [0.1, 0.15) is 0 Å². The Labute approximate surface area is 159 Å². The van der Waals surface area contributed by atoms with Crippen molar-refractivity contribution in [2.45, 2.75) is 18.9 Å². The number of carbonyl (C=O) groups excluding carboxylic acids is 2. The third-order valence-electron chi connectivity index (χ3n) is 4.79. The average molecular weight is 368 g/mol. The van der Waals surface area contributed by atoms with Gasteiger partial charge in [-0.3, -0.25) is 9.59 Å². The second-order valence-electron chi connectivity index (χ2n) is 6.45. The van der Waals surface area contributed by atoms with Crippen molar-refractivity contribution in [2.24, 2.45) is 0 Å². The summed E-state index contributed by atoms with van der Waals surface area (Å²) in [6, 6.07) is 14.5. The van der Waals surface area contributed by atoms with E-state index in [4.69, 9.17) is 9.47 Å². The number of nitrogens with zero attached hydrogens (tertiary/aromatic N) is 1. The predicted molar refractivity (Wildman–Crippen MR) is 102 cm³/mol. The van der Waals surface area contributed by atoms with Crippen molar-refractivity contribution in [3.05, 3.63) is 59.7 Å². The number of methoxy groups -OCH3 is 2. The lowest BCUT2D eigenvalue weighted by atomic mass is 10.0. The largest absolute Gasteiger partial charge is 0.493 e. The molecule has 1 aliphatic heterocycles. The fraction of sp³-hybridized carbons (Fsp3) is 0.333. The summed E-state index contributed by atoms with van der Waals surface area (Å²) in [6.45, 7) is 1.16. The summed E-state index contributed by atoms with van der Waals surface area (Å²) >= 11 is 0. The summed E-state index contributed by atoms with van der Waals surface area (Å²) in [6.07, 6.45) is 1.44. The second-order valence-corrected chi connectivity index (χ2v) is 6.45. The van der Waals surface area contributed by atoms with Crippen LogP contribution in [0.5, 0.6) is 11.5 Å². The first-order valence-corrected chi connectivity index (χ1v) is 9.00. The van der Waals surface area contributed by atoms with E-state index in [-0.39, 0.29) is 17.9 Å². The molecule has 1 saturated heterocycles. The molecule has 2 amide bonds. The maximum atomic E-state index is 12.9. The number of ether oxygens (including phenoxy) is 2. The van der Waals surface area contributed by atoms with Crippen LogP contribution in [0.1, 0.15) is 33.6 Å². The van der Waals surface area contributed by atoms with Gasteiger partial charge in [0.15, 0.2) is 11.5 Å². The van der Waals surface area contributed by atoms with E-state index in [0.717, 1.165) is 12.8 Å². The zero-order valence-electron chi connectivity index (χ0n) is 15.6. The normalized spacial score (nSPS) is 14.5. The van der Waals surface area contributed by atoms with Gasteiger partial charge in [0.25, 0.3) is 11.8 Å². The lowest BCUT2D eigenvalue weighted by Crippen LogP contribution is -2.46. The summed E-state index contributed by atoms with van der Waals surface area (Å²) in [5.74, 6) is 0.825. The Morgan fingerprint density at radius 2 is 1.67 bits per heavy atom. The number of hydrogen-bond acceptors (Lipinski definition) is 4. The molecule has 142 valence electrons. The van der Waals surface area contributed by atoms with Crippen LogP contribution < -0.4 is 14.8 Å². The Bertz CT molecular complexity index is 799. The van der Waals surface area contributed by atoms with Crippen molar-refractivity contribution in [2.75, 3.05) is 27.3 Å². The highest BCUT2D eigenvalue weighted by molar-refractivity contribution is 5.98. The number of nitrogens with one attached hydrogen (secondary N) is 1. The van der Waals surface area contributed by atoms with Crippen molar-refractivity contribution in [3.8, 4) is 11.5 Å². The Balaban J connectivity index is 1.61. The number of piperidine rings is 1. The van der Waals surface area contributed by atoms with Crippen LogP contribution in [0.4, 0.5) is 0 Å². The number of likely N-dealkylation sites (tertiary alicyclic amines) is 1. The van der Waals surface area contributed by atoms with Gasteiger partial charge in [0.2, 0.25) is 0 Å². The Morgan fingerprint density at radius 1 is 0.963 bits per heavy atom. The third kappa shape index (κ3) is 4.22. The predicted octanol–water partition coefficient (Wildman–Crippen LogP) is 2.74. The monoisotopic (exact) mass is 368 g/mol. The number of benzene rings is 2. The molecule has 0 radical (unpaired) electrons. The van der Waals surface area contributed by atoms with Gasteiger partial charge in [-0.05, 0) is 37.1 Å². The van der Waals surface area contributed by atoms with Gasteiger partial charge in [0.05, 0.1) is 19.8 Å². The van der Waals surface area contributed by atoms with E-state index in [1.807, 2.05) is 18.2 Å². The third-order valence-corrected chi connectivity index (χ3v) is 4.79. The SMILES string of the molecule is COc1cccc(C(=O)N2CCC(NC(=O)c3ccccc3)CC2)c1OC. The number of para-hydroxylation sites is 1. The highest BCUT2D eigenvalue weighted by atomic mass is 16.5. The molecule has 0 atom stereocenters. The molecule has 0 spiro atoms. The van der Waals surface area contributed by atoms with Gasteiger partial charge in [-0.1, -0.05) is 24.3 Å². The zero-order chi connectivity index (χ0) is 19.2. The minimum atomic E-state index is -0.0846. The van der Waals surface area contributed by atoms with E-state index in [2.05, 4.69) is 5.32 Å². The van der Waals surface area contributed by atoms with Crippen LogP contribution in [0, 0.1) is 0 Å². The van der Waals surface area contributed by atoms with Crippen molar-refractivity contribution < 1.29 is 19.1 Å². The van der Waals surface area contributed by atoms with Crippen molar-refractivity contribution >= 4 is 11.8 Å². The smallest absolute Gasteiger partial charge is 0.257 e. The minimum absolute atomic E-state index is 0.0639. The Kier molecular flexibility index (Phi) is 5.96. The fourth-order valence-corrected chi connectivity index (χ4v) is 3.31. The van der Waals surface area contributed by atoms with Crippen LogP contribution in [0.25, 0.3) is 0 Å². The molecule has 0 unspecified atom stereocenters. The maximum Gasteiger partial charge on any atom is 0.257 e. The number of carbonyl (C=O) groups is 2. The van der Waals surface area contributed by atoms with Gasteiger partial charge in [-0.25, -0.2) is 0 Å². The molecule has 2 aromatic rings. The van der Waals surface area contributed by atoms with Crippen LogP contribution in [0.15, 0.2) is 48.5 Å². The molecule has 27 heavy (non-hydrogen) atoms. The van der Waals surface area contributed by atoms with Crippen LogP contribution in [-0.2, 0) is 0 Å². The van der Waals surface area contributed by atoms with E-state index >= 15 is 0 Å². The summed E-state index contributed by atoms with van der Waals surface area (Å²) in [5, 5.41) is 3.05. The molecule has 1 aliphatic rings. The molecule has 6 heteroatoms. The van der Waals surface area contributed by atoms with Gasteiger partial charge >= 0.3 is 0 Å². The Morgan fingerprint density at radius 3 is 2.30 bits per heavy atom. The number of hydrogen-bond donors (Lipinski definition) is 1. The van der Waals surface area contributed by atoms with Crippen LogP contribution in [0.3, 0.4) is 0 Å². The molecule has 1 fully saturated rings. The van der Waals surface area contributed by atoms with Crippen LogP contribution >= 0.6 is 0 Å². The second kappa shape index (κ2) is 8.58. The van der Waals surface area contributed by atoms with Crippen molar-refractivity contribution in [3.63, 3.8) is 0 Å². The Hall–Kier alpha value is -3.02. The molecular formula is C21H24N2O4. The highest BCUT2D eigenvalue weighted by Crippen LogP contribution is 2.32. The molecular weight excluding hydrogens is 344 g/mol. The lowest BCUT2D eigenvalue weighted by Gasteiger charge is -2.32. The van der Waals surface area contributed by atoms with Crippen LogP contribution in [-0.4, -0.2) is 50.1 Å². The van der Waals surface area contributed by atoms with Gasteiger partial charge in [0, 0.05) is 24.7 Å². The molecule has 3 rings (SSSR count). The summed E-state index contributed by atoms with van der Waals surface area (Å²) in [4.78, 5) is 27.0. The first-order chi connectivity index (χ1) is 13.1. The summed E-state index contributed by atoms with van der Waals surface area (Å²) in [7, 11) is 3.08. The average Bonchev–Trinajstić information content (AvgIpc) is 2.73. The first-order valence-electron chi connectivity index (χ1n) is 9.00. The molecule has 0 saturated carbocycles. The molecule has 1 heterocycles. The van der Waals surface area contributed by atoms with E-state index in [9.17, 15) is 9.59 Å². The summed E-state index contributed by atoms with van der Waals surface area (Å²) in [5.41, 5.74) is 1.14. The van der Waals surface area contributed by atoms with Crippen molar-refractivity contribution in [1.82, 2.24) is 10.2 Å². The first kappa shape index (κ1) is 18.8. The number of rotatable bonds is 5. The van der Waals surface area contributed by atoms with Crippen molar-refractivity contribution in [1.29, 1.82) is 0 Å². The highest BCUT2D eigenvalue weighted by Gasteiger charge is 2.27. The van der Waals surface area contributed by atoms with Gasteiger partial charge in [-0.15, -0.1) is 0 Å². The molecule has 0 aromatic heterocycles. The molecule has 2 aromatic carbocycles. The van der Waals surface area contributed by atoms with Gasteiger partial charge < -0.3 is 19.7 Å². The van der Waals surface area contributed by atoms with E-state index in [1.54, 1.807) is 42.3 Å². The maximum absolute atomic E-state index is 12.9. The lowest BCUT2D eigenvalue weighted by molar-refractivity contribution is 0.0694. The quantitative estimate of drug-likeness (QED) is 0.881. The molecule has 0 aliphatic carbocycles. The van der Waals surface area contributed by atoms with E-state index in [0.29, 0.717) is 35.7 Å². The molecule has 6 nitrogen and oxygen atoms in total.